The number of piperazine rings is 1. The predicted octanol–water partition coefficient (Wildman–Crippen LogP) is 2.92. The van der Waals surface area contributed by atoms with Crippen LogP contribution in [0.5, 0.6) is 0 Å². The van der Waals surface area contributed by atoms with Crippen LogP contribution in [-0.2, 0) is 0 Å². The predicted molar refractivity (Wildman–Crippen MR) is 90.7 cm³/mol. The van der Waals surface area contributed by atoms with Gasteiger partial charge in [-0.1, -0.05) is 24.3 Å². The second-order valence-corrected chi connectivity index (χ2v) is 5.99. The molecule has 2 heterocycles. The summed E-state index contributed by atoms with van der Waals surface area (Å²) in [4.78, 5) is 4.60. The fourth-order valence-corrected chi connectivity index (χ4v) is 3.11. The van der Waals surface area contributed by atoms with Crippen LogP contribution in [0.4, 0.5) is 10.2 Å². The third-order valence-electron chi connectivity index (χ3n) is 4.45. The Morgan fingerprint density at radius 1 is 0.913 bits per heavy atom. The van der Waals surface area contributed by atoms with Gasteiger partial charge in [-0.3, -0.25) is 0 Å². The third kappa shape index (κ3) is 2.47. The zero-order chi connectivity index (χ0) is 15.8. The number of benzene rings is 2. The van der Waals surface area contributed by atoms with Gasteiger partial charge >= 0.3 is 0 Å². The lowest BCUT2D eigenvalue weighted by atomic mass is 10.2. The smallest absolute Gasteiger partial charge is 0.159 e. The molecule has 0 aliphatic carbocycles. The summed E-state index contributed by atoms with van der Waals surface area (Å²) in [6.45, 7) is 3.91. The van der Waals surface area contributed by atoms with E-state index in [1.165, 1.54) is 6.07 Å². The van der Waals surface area contributed by atoms with E-state index >= 15 is 0 Å². The maximum atomic E-state index is 14.2. The molecule has 0 bridgehead atoms. The molecule has 1 aliphatic rings. The van der Waals surface area contributed by atoms with Crippen LogP contribution in [0.3, 0.4) is 0 Å². The summed E-state index contributed by atoms with van der Waals surface area (Å²) in [6, 6.07) is 14.8. The molecular formula is C18H19FN4. The van der Waals surface area contributed by atoms with Crippen LogP contribution < -0.4 is 4.90 Å². The van der Waals surface area contributed by atoms with Crippen molar-refractivity contribution in [3.63, 3.8) is 0 Å². The lowest BCUT2D eigenvalue weighted by molar-refractivity contribution is 0.312. The van der Waals surface area contributed by atoms with Gasteiger partial charge in [0.25, 0.3) is 0 Å². The minimum Gasteiger partial charge on any atom is -0.352 e. The van der Waals surface area contributed by atoms with Crippen molar-refractivity contribution in [3.8, 4) is 5.69 Å². The second-order valence-electron chi connectivity index (χ2n) is 5.99. The maximum Gasteiger partial charge on any atom is 0.159 e. The zero-order valence-corrected chi connectivity index (χ0v) is 13.1. The van der Waals surface area contributed by atoms with E-state index in [4.69, 9.17) is 5.10 Å². The largest absolute Gasteiger partial charge is 0.352 e. The molecule has 5 heteroatoms. The summed E-state index contributed by atoms with van der Waals surface area (Å²) >= 11 is 0. The van der Waals surface area contributed by atoms with E-state index < -0.39 is 0 Å². The molecule has 0 atom stereocenters. The van der Waals surface area contributed by atoms with E-state index in [-0.39, 0.29) is 5.82 Å². The number of likely N-dealkylation sites (N-methyl/N-ethyl adjacent to an activating group) is 1. The highest BCUT2D eigenvalue weighted by Crippen LogP contribution is 2.29. The Kier molecular flexibility index (Phi) is 3.50. The SMILES string of the molecule is CN1CCN(c2nn(-c3ccccc3F)c3ccccc23)CC1. The molecule has 0 spiro atoms. The van der Waals surface area contributed by atoms with Crippen LogP contribution in [0.25, 0.3) is 16.6 Å². The van der Waals surface area contributed by atoms with Crippen molar-refractivity contribution in [2.75, 3.05) is 38.1 Å². The summed E-state index contributed by atoms with van der Waals surface area (Å²) in [6.07, 6.45) is 0. The van der Waals surface area contributed by atoms with Crippen molar-refractivity contribution in [1.82, 2.24) is 14.7 Å². The second kappa shape index (κ2) is 5.66. The van der Waals surface area contributed by atoms with Crippen LogP contribution in [0, 0.1) is 5.82 Å². The quantitative estimate of drug-likeness (QED) is 0.727. The van der Waals surface area contributed by atoms with Gasteiger partial charge in [0.05, 0.1) is 5.52 Å². The van der Waals surface area contributed by atoms with E-state index in [0.29, 0.717) is 5.69 Å². The van der Waals surface area contributed by atoms with Gasteiger partial charge in [0.2, 0.25) is 0 Å². The van der Waals surface area contributed by atoms with E-state index in [1.807, 2.05) is 24.3 Å². The van der Waals surface area contributed by atoms with Gasteiger partial charge in [0.15, 0.2) is 5.82 Å². The highest BCUT2D eigenvalue weighted by atomic mass is 19.1. The van der Waals surface area contributed by atoms with Crippen LogP contribution >= 0.6 is 0 Å². The minimum absolute atomic E-state index is 0.259. The molecule has 1 aromatic heterocycles. The minimum atomic E-state index is -0.259. The summed E-state index contributed by atoms with van der Waals surface area (Å²) in [5.74, 6) is 0.683. The Labute approximate surface area is 134 Å². The van der Waals surface area contributed by atoms with Crippen molar-refractivity contribution in [2.24, 2.45) is 0 Å². The Bertz CT molecular complexity index is 834. The maximum absolute atomic E-state index is 14.2. The number of hydrogen-bond donors (Lipinski definition) is 0. The molecule has 0 saturated carbocycles. The average Bonchev–Trinajstić information content (AvgIpc) is 2.96. The molecule has 0 radical (unpaired) electrons. The molecule has 4 nitrogen and oxygen atoms in total. The molecule has 4 rings (SSSR count). The molecule has 23 heavy (non-hydrogen) atoms. The van der Waals surface area contributed by atoms with E-state index in [1.54, 1.807) is 16.8 Å². The lowest BCUT2D eigenvalue weighted by Crippen LogP contribution is -2.44. The van der Waals surface area contributed by atoms with Crippen molar-refractivity contribution < 1.29 is 4.39 Å². The number of nitrogens with zero attached hydrogens (tertiary/aromatic N) is 4. The van der Waals surface area contributed by atoms with Crippen molar-refractivity contribution in [2.45, 2.75) is 0 Å². The van der Waals surface area contributed by atoms with E-state index in [2.05, 4.69) is 22.9 Å². The molecule has 0 unspecified atom stereocenters. The van der Waals surface area contributed by atoms with Crippen molar-refractivity contribution in [1.29, 1.82) is 0 Å². The Morgan fingerprint density at radius 2 is 1.61 bits per heavy atom. The number of hydrogen-bond acceptors (Lipinski definition) is 3. The van der Waals surface area contributed by atoms with E-state index in [0.717, 1.165) is 42.9 Å². The third-order valence-corrected chi connectivity index (χ3v) is 4.45. The molecule has 1 fully saturated rings. The fourth-order valence-electron chi connectivity index (χ4n) is 3.11. The number of halogens is 1. The van der Waals surface area contributed by atoms with Gasteiger partial charge in [-0.15, -0.1) is 5.10 Å². The molecule has 3 aromatic rings. The van der Waals surface area contributed by atoms with Crippen LogP contribution in [-0.4, -0.2) is 47.9 Å². The van der Waals surface area contributed by atoms with Crippen molar-refractivity contribution in [3.05, 3.63) is 54.3 Å². The molecule has 2 aromatic carbocycles. The normalized spacial score (nSPS) is 16.2. The topological polar surface area (TPSA) is 24.3 Å². The highest BCUT2D eigenvalue weighted by Gasteiger charge is 2.21. The Morgan fingerprint density at radius 3 is 2.39 bits per heavy atom. The first-order valence-corrected chi connectivity index (χ1v) is 7.90. The highest BCUT2D eigenvalue weighted by molar-refractivity contribution is 5.91. The lowest BCUT2D eigenvalue weighted by Gasteiger charge is -2.32. The summed E-state index contributed by atoms with van der Waals surface area (Å²) < 4.78 is 15.9. The number of rotatable bonds is 2. The van der Waals surface area contributed by atoms with Crippen molar-refractivity contribution >= 4 is 16.7 Å². The molecule has 0 N–H and O–H groups in total. The van der Waals surface area contributed by atoms with E-state index in [9.17, 15) is 4.39 Å². The number of aromatic nitrogens is 2. The van der Waals surface area contributed by atoms with Gasteiger partial charge in [0, 0.05) is 31.6 Å². The van der Waals surface area contributed by atoms with Gasteiger partial charge < -0.3 is 9.80 Å². The summed E-state index contributed by atoms with van der Waals surface area (Å²) in [7, 11) is 2.13. The molecule has 1 saturated heterocycles. The number of anilines is 1. The standard InChI is InChI=1S/C18H19FN4/c1-21-10-12-22(13-11-21)18-14-6-2-4-8-16(14)23(20-18)17-9-5-3-7-15(17)19/h2-9H,10-13H2,1H3. The molecular weight excluding hydrogens is 291 g/mol. The van der Waals surface area contributed by atoms with Crippen LogP contribution in [0.15, 0.2) is 48.5 Å². The van der Waals surface area contributed by atoms with Gasteiger partial charge in [-0.05, 0) is 31.3 Å². The van der Waals surface area contributed by atoms with Gasteiger partial charge in [-0.2, -0.15) is 0 Å². The number of fused-ring (bicyclic) bond motifs is 1. The van der Waals surface area contributed by atoms with Crippen LogP contribution in [0.2, 0.25) is 0 Å². The average molecular weight is 310 g/mol. The fraction of sp³-hybridized carbons (Fsp3) is 0.278. The first-order chi connectivity index (χ1) is 11.2. The first kappa shape index (κ1) is 14.2. The molecule has 0 amide bonds. The number of para-hydroxylation sites is 2. The summed E-state index contributed by atoms with van der Waals surface area (Å²) in [5.41, 5.74) is 1.43. The monoisotopic (exact) mass is 310 g/mol. The van der Waals surface area contributed by atoms with Gasteiger partial charge in [-0.25, -0.2) is 9.07 Å². The Hall–Kier alpha value is -2.40. The molecule has 1 aliphatic heterocycles. The summed E-state index contributed by atoms with van der Waals surface area (Å²) in [5, 5.41) is 5.82. The first-order valence-electron chi connectivity index (χ1n) is 7.90. The molecule has 118 valence electrons. The zero-order valence-electron chi connectivity index (χ0n) is 13.1. The van der Waals surface area contributed by atoms with Crippen LogP contribution in [0.1, 0.15) is 0 Å². The Balaban J connectivity index is 1.85. The van der Waals surface area contributed by atoms with Gasteiger partial charge in [0.1, 0.15) is 11.5 Å².